The highest BCUT2D eigenvalue weighted by molar-refractivity contribution is 7.14. The zero-order chi connectivity index (χ0) is 12.5. The van der Waals surface area contributed by atoms with Gasteiger partial charge in [-0.2, -0.15) is 0 Å². The molecule has 0 saturated carbocycles. The molecule has 1 rings (SSSR count). The van der Waals surface area contributed by atoms with E-state index in [4.69, 9.17) is 5.73 Å². The molecule has 1 aromatic rings. The van der Waals surface area contributed by atoms with Crippen molar-refractivity contribution in [3.05, 3.63) is 16.5 Å². The molecule has 0 bridgehead atoms. The van der Waals surface area contributed by atoms with Gasteiger partial charge in [0.1, 0.15) is 0 Å². The van der Waals surface area contributed by atoms with Gasteiger partial charge >= 0.3 is 0 Å². The molecule has 0 aliphatic rings. The van der Waals surface area contributed by atoms with Gasteiger partial charge in [0, 0.05) is 5.41 Å². The highest BCUT2D eigenvalue weighted by Gasteiger charge is 2.29. The van der Waals surface area contributed by atoms with Gasteiger partial charge in [0.2, 0.25) is 0 Å². The predicted molar refractivity (Wildman–Crippen MR) is 71.2 cm³/mol. The number of anilines is 1. The Kier molecular flexibility index (Phi) is 3.79. The van der Waals surface area contributed by atoms with Crippen LogP contribution in [0.4, 0.5) is 5.00 Å². The molecule has 0 fully saturated rings. The Morgan fingerprint density at radius 3 is 2.50 bits per heavy atom. The molecule has 90 valence electrons. The zero-order valence-electron chi connectivity index (χ0n) is 10.8. The lowest BCUT2D eigenvalue weighted by molar-refractivity contribution is 0.0858. The highest BCUT2D eigenvalue weighted by Crippen LogP contribution is 2.36. The van der Waals surface area contributed by atoms with Crippen LogP contribution in [0.25, 0.3) is 0 Å². The summed E-state index contributed by atoms with van der Waals surface area (Å²) in [5, 5.41) is 2.69. The number of carbonyl (C=O) groups is 1. The van der Waals surface area contributed by atoms with E-state index in [0.717, 1.165) is 17.5 Å². The molecule has 0 spiro atoms. The minimum atomic E-state index is -0.364. The third kappa shape index (κ3) is 2.46. The molecule has 3 heteroatoms. The lowest BCUT2D eigenvalue weighted by Gasteiger charge is -2.19. The van der Waals surface area contributed by atoms with Crippen LogP contribution in [-0.4, -0.2) is 5.78 Å². The number of rotatable bonds is 3. The summed E-state index contributed by atoms with van der Waals surface area (Å²) in [4.78, 5) is 12.3. The SMILES string of the molecule is CCC(C)c1csc(N)c1C(=O)C(C)(C)C. The first kappa shape index (κ1) is 13.2. The van der Waals surface area contributed by atoms with Crippen LogP contribution < -0.4 is 5.73 Å². The number of hydrogen-bond donors (Lipinski definition) is 1. The molecule has 0 radical (unpaired) electrons. The molecular weight excluding hydrogens is 218 g/mol. The smallest absolute Gasteiger partial charge is 0.171 e. The summed E-state index contributed by atoms with van der Waals surface area (Å²) in [5.74, 6) is 0.552. The van der Waals surface area contributed by atoms with E-state index in [-0.39, 0.29) is 11.2 Å². The van der Waals surface area contributed by atoms with Gasteiger partial charge < -0.3 is 5.73 Å². The second-order valence-electron chi connectivity index (χ2n) is 5.32. The van der Waals surface area contributed by atoms with Gasteiger partial charge in [-0.15, -0.1) is 11.3 Å². The van der Waals surface area contributed by atoms with Crippen molar-refractivity contribution < 1.29 is 4.79 Å². The number of nitrogen functional groups attached to an aromatic ring is 1. The van der Waals surface area contributed by atoms with Crippen LogP contribution in [-0.2, 0) is 0 Å². The number of Topliss-reactive ketones (excluding diaryl/α,β-unsaturated/α-hetero) is 1. The number of thiophene rings is 1. The van der Waals surface area contributed by atoms with Gasteiger partial charge in [-0.05, 0) is 23.3 Å². The average molecular weight is 239 g/mol. The molecule has 0 saturated heterocycles. The van der Waals surface area contributed by atoms with E-state index in [2.05, 4.69) is 13.8 Å². The Morgan fingerprint density at radius 2 is 2.06 bits per heavy atom. The summed E-state index contributed by atoms with van der Waals surface area (Å²) in [6, 6.07) is 0. The molecule has 0 aliphatic heterocycles. The van der Waals surface area contributed by atoms with Crippen molar-refractivity contribution in [2.45, 2.75) is 47.0 Å². The van der Waals surface area contributed by atoms with Crippen molar-refractivity contribution in [2.24, 2.45) is 5.41 Å². The summed E-state index contributed by atoms with van der Waals surface area (Å²) in [6.07, 6.45) is 1.03. The number of carbonyl (C=O) groups excluding carboxylic acids is 1. The largest absolute Gasteiger partial charge is 0.390 e. The molecule has 1 heterocycles. The standard InChI is InChI=1S/C13H21NOS/c1-6-8(2)9-7-16-12(14)10(9)11(15)13(3,4)5/h7-8H,6,14H2,1-5H3. The maximum absolute atomic E-state index is 12.3. The highest BCUT2D eigenvalue weighted by atomic mass is 32.1. The third-order valence-electron chi connectivity index (χ3n) is 2.90. The molecule has 1 unspecified atom stereocenters. The van der Waals surface area contributed by atoms with Crippen molar-refractivity contribution in [3.8, 4) is 0 Å². The quantitative estimate of drug-likeness (QED) is 0.808. The van der Waals surface area contributed by atoms with E-state index in [1.807, 2.05) is 26.2 Å². The average Bonchev–Trinajstić information content (AvgIpc) is 2.56. The molecule has 0 aromatic carbocycles. The minimum Gasteiger partial charge on any atom is -0.390 e. The monoisotopic (exact) mass is 239 g/mol. The fourth-order valence-corrected chi connectivity index (χ4v) is 2.52. The first-order valence-corrected chi connectivity index (χ1v) is 6.58. The van der Waals surface area contributed by atoms with Crippen LogP contribution in [0.3, 0.4) is 0 Å². The zero-order valence-corrected chi connectivity index (χ0v) is 11.6. The summed E-state index contributed by atoms with van der Waals surface area (Å²) in [7, 11) is 0. The van der Waals surface area contributed by atoms with Crippen molar-refractivity contribution >= 4 is 22.1 Å². The van der Waals surface area contributed by atoms with E-state index in [1.54, 1.807) is 0 Å². The van der Waals surface area contributed by atoms with Crippen molar-refractivity contribution in [2.75, 3.05) is 5.73 Å². The van der Waals surface area contributed by atoms with Gasteiger partial charge in [-0.1, -0.05) is 34.6 Å². The van der Waals surface area contributed by atoms with Crippen molar-refractivity contribution in [1.29, 1.82) is 0 Å². The Morgan fingerprint density at radius 1 is 1.50 bits per heavy atom. The van der Waals surface area contributed by atoms with Crippen LogP contribution in [0.2, 0.25) is 0 Å². The van der Waals surface area contributed by atoms with Crippen LogP contribution >= 0.6 is 11.3 Å². The first-order chi connectivity index (χ1) is 7.29. The van der Waals surface area contributed by atoms with Crippen LogP contribution in [0.5, 0.6) is 0 Å². The van der Waals surface area contributed by atoms with E-state index in [0.29, 0.717) is 10.9 Å². The van der Waals surface area contributed by atoms with Crippen molar-refractivity contribution in [1.82, 2.24) is 0 Å². The first-order valence-electron chi connectivity index (χ1n) is 5.70. The number of hydrogen-bond acceptors (Lipinski definition) is 3. The maximum Gasteiger partial charge on any atom is 0.171 e. The van der Waals surface area contributed by atoms with E-state index < -0.39 is 0 Å². The van der Waals surface area contributed by atoms with E-state index in [9.17, 15) is 4.79 Å². The summed E-state index contributed by atoms with van der Waals surface area (Å²) in [5.41, 5.74) is 7.44. The van der Waals surface area contributed by atoms with Gasteiger partial charge in [0.15, 0.2) is 5.78 Å². The maximum atomic E-state index is 12.3. The molecule has 16 heavy (non-hydrogen) atoms. The van der Waals surface area contributed by atoms with Crippen LogP contribution in [0.1, 0.15) is 62.9 Å². The Bertz CT molecular complexity index is 387. The molecule has 1 aromatic heterocycles. The third-order valence-corrected chi connectivity index (χ3v) is 3.73. The topological polar surface area (TPSA) is 43.1 Å². The van der Waals surface area contributed by atoms with Gasteiger partial charge in [0.05, 0.1) is 10.6 Å². The minimum absolute atomic E-state index is 0.154. The molecular formula is C13H21NOS. The Balaban J connectivity index is 3.22. The number of ketones is 1. The fraction of sp³-hybridized carbons (Fsp3) is 0.615. The van der Waals surface area contributed by atoms with Gasteiger partial charge in [-0.3, -0.25) is 4.79 Å². The second kappa shape index (κ2) is 4.58. The Hall–Kier alpha value is -0.830. The lowest BCUT2D eigenvalue weighted by atomic mass is 9.83. The van der Waals surface area contributed by atoms with Gasteiger partial charge in [0.25, 0.3) is 0 Å². The lowest BCUT2D eigenvalue weighted by Crippen LogP contribution is -2.22. The van der Waals surface area contributed by atoms with Crippen LogP contribution in [0, 0.1) is 5.41 Å². The molecule has 1 atom stereocenters. The van der Waals surface area contributed by atoms with E-state index >= 15 is 0 Å². The molecule has 0 amide bonds. The van der Waals surface area contributed by atoms with Gasteiger partial charge in [-0.25, -0.2) is 0 Å². The Labute approximate surface area is 102 Å². The van der Waals surface area contributed by atoms with Crippen LogP contribution in [0.15, 0.2) is 5.38 Å². The number of nitrogens with two attached hydrogens (primary N) is 1. The second-order valence-corrected chi connectivity index (χ2v) is 6.23. The fourth-order valence-electron chi connectivity index (χ4n) is 1.59. The molecule has 2 N–H and O–H groups in total. The molecule has 0 aliphatic carbocycles. The summed E-state index contributed by atoms with van der Waals surface area (Å²) >= 11 is 1.48. The normalized spacial score (nSPS) is 13.8. The van der Waals surface area contributed by atoms with Crippen molar-refractivity contribution in [3.63, 3.8) is 0 Å². The predicted octanol–water partition coefficient (Wildman–Crippen LogP) is 4.07. The summed E-state index contributed by atoms with van der Waals surface area (Å²) in [6.45, 7) is 10.1. The summed E-state index contributed by atoms with van der Waals surface area (Å²) < 4.78 is 0. The van der Waals surface area contributed by atoms with E-state index in [1.165, 1.54) is 11.3 Å². The molecule has 2 nitrogen and oxygen atoms in total.